The number of rotatable bonds is 18. The summed E-state index contributed by atoms with van der Waals surface area (Å²) in [6.07, 6.45) is 10.7. The van der Waals surface area contributed by atoms with E-state index in [9.17, 15) is 28.8 Å². The highest BCUT2D eigenvalue weighted by Crippen LogP contribution is 2.36. The van der Waals surface area contributed by atoms with Gasteiger partial charge in [0, 0.05) is 69.6 Å². The van der Waals surface area contributed by atoms with Crippen molar-refractivity contribution in [2.75, 3.05) is 45.7 Å². The van der Waals surface area contributed by atoms with Crippen LogP contribution in [0.2, 0.25) is 0 Å². The van der Waals surface area contributed by atoms with Crippen molar-refractivity contribution in [3.63, 3.8) is 0 Å². The van der Waals surface area contributed by atoms with Gasteiger partial charge < -0.3 is 28.7 Å². The van der Waals surface area contributed by atoms with Crippen LogP contribution < -0.4 is 25.7 Å². The van der Waals surface area contributed by atoms with Gasteiger partial charge in [0.1, 0.15) is 17.4 Å². The van der Waals surface area contributed by atoms with Gasteiger partial charge in [-0.25, -0.2) is 0 Å². The zero-order valence-electron chi connectivity index (χ0n) is 35.6. The van der Waals surface area contributed by atoms with Crippen LogP contribution in [0.1, 0.15) is 104 Å². The molecule has 15 heteroatoms. The number of hydrogen-bond acceptors (Lipinski definition) is 11. The minimum Gasteiger partial charge on any atom is -0.493 e. The van der Waals surface area contributed by atoms with Crippen LogP contribution in [-0.4, -0.2) is 101 Å². The van der Waals surface area contributed by atoms with E-state index in [1.807, 2.05) is 29.2 Å². The maximum atomic E-state index is 13.3. The van der Waals surface area contributed by atoms with Crippen LogP contribution in [-0.2, 0) is 28.0 Å². The van der Waals surface area contributed by atoms with Gasteiger partial charge in [-0.05, 0) is 62.1 Å². The number of unbranched alkanes of at least 4 members (excludes halogenated alkanes) is 7. The molecule has 5 heterocycles. The zero-order valence-corrected chi connectivity index (χ0v) is 35.6. The molecule has 3 aliphatic heterocycles. The molecule has 2 atom stereocenters. The number of ether oxygens (including phenoxy) is 2. The first-order chi connectivity index (χ1) is 29.5. The van der Waals surface area contributed by atoms with Crippen molar-refractivity contribution < 1.29 is 37.9 Å². The van der Waals surface area contributed by atoms with Gasteiger partial charge in [0.05, 0.1) is 37.3 Å². The molecule has 5 amide bonds. The quantitative estimate of drug-likeness (QED) is 0.0907. The highest BCUT2D eigenvalue weighted by molar-refractivity contribution is 6.25. The van der Waals surface area contributed by atoms with Gasteiger partial charge in [-0.2, -0.15) is 0 Å². The summed E-state index contributed by atoms with van der Waals surface area (Å²) >= 11 is 0. The topological polar surface area (TPSA) is 173 Å². The number of carbonyl (C=O) groups excluding carboxylic acids is 5. The van der Waals surface area contributed by atoms with Crippen molar-refractivity contribution in [3.8, 4) is 22.6 Å². The molecular formula is C46H56N6O9. The number of pyridine rings is 1. The summed E-state index contributed by atoms with van der Waals surface area (Å²) in [4.78, 5) is 81.9. The number of amides is 5. The van der Waals surface area contributed by atoms with E-state index in [0.717, 1.165) is 67.4 Å². The smallest absolute Gasteiger partial charge is 0.264 e. The predicted octanol–water partition coefficient (Wildman–Crippen LogP) is 5.87. The summed E-state index contributed by atoms with van der Waals surface area (Å²) in [5, 5.41) is 6.07. The number of aryl methyl sites for hydroxylation is 1. The monoisotopic (exact) mass is 836 g/mol. The fourth-order valence-corrected chi connectivity index (χ4v) is 8.75. The maximum absolute atomic E-state index is 13.3. The number of methoxy groups -OCH3 is 2. The lowest BCUT2D eigenvalue weighted by Gasteiger charge is -2.39. The largest absolute Gasteiger partial charge is 0.493 e. The summed E-state index contributed by atoms with van der Waals surface area (Å²) < 4.78 is 18.9. The molecule has 15 nitrogen and oxygen atoms in total. The predicted molar refractivity (Wildman–Crippen MR) is 230 cm³/mol. The van der Waals surface area contributed by atoms with Gasteiger partial charge in [0.2, 0.25) is 17.7 Å². The second kappa shape index (κ2) is 19.2. The van der Waals surface area contributed by atoms with Crippen molar-refractivity contribution in [2.45, 2.75) is 96.2 Å². The number of furan rings is 1. The number of nitrogens with zero attached hydrogens (tertiary/aromatic N) is 4. The maximum Gasteiger partial charge on any atom is 0.264 e. The molecule has 2 saturated heterocycles. The lowest BCUT2D eigenvalue weighted by atomic mass is 10.0. The molecule has 0 spiro atoms. The van der Waals surface area contributed by atoms with Gasteiger partial charge in [0.15, 0.2) is 11.5 Å². The molecule has 1 unspecified atom stereocenters. The number of fused-ring (bicyclic) bond motifs is 2. The highest BCUT2D eigenvalue weighted by Gasteiger charge is 2.45. The number of anilines is 1. The Morgan fingerprint density at radius 2 is 1.61 bits per heavy atom. The van der Waals surface area contributed by atoms with Crippen molar-refractivity contribution in [1.82, 2.24) is 24.6 Å². The number of nitrogens with one attached hydrogen (secondary N) is 2. The Hall–Kier alpha value is -5.96. The Morgan fingerprint density at radius 1 is 0.869 bits per heavy atom. The second-order valence-electron chi connectivity index (χ2n) is 16.3. The number of benzene rings is 2. The van der Waals surface area contributed by atoms with Crippen molar-refractivity contribution in [3.05, 3.63) is 75.9 Å². The van der Waals surface area contributed by atoms with Gasteiger partial charge >= 0.3 is 0 Å². The molecule has 7 rings (SSSR count). The fourth-order valence-electron chi connectivity index (χ4n) is 8.75. The number of piperidine rings is 1. The Morgan fingerprint density at radius 3 is 2.33 bits per heavy atom. The molecule has 4 aromatic rings. The summed E-state index contributed by atoms with van der Waals surface area (Å²) in [7, 11) is 4.92. The SMILES string of the molecule is COc1ccc(-c2cn(C)c(=O)c3cc(CN4CCN(C(=O)CCCCCCCCCCNc5cccc6c5C(=O)N(C5CCC(=O)NC5=O)C6=O)C[C@H]4C)oc23)cc1OC. The van der Waals surface area contributed by atoms with E-state index < -0.39 is 29.7 Å². The van der Waals surface area contributed by atoms with E-state index in [4.69, 9.17) is 13.9 Å². The molecule has 324 valence electrons. The molecule has 2 N–H and O–H groups in total. The average Bonchev–Trinajstić information content (AvgIpc) is 3.79. The van der Waals surface area contributed by atoms with E-state index >= 15 is 0 Å². The average molecular weight is 837 g/mol. The van der Waals surface area contributed by atoms with Gasteiger partial charge in [-0.3, -0.25) is 43.9 Å². The van der Waals surface area contributed by atoms with E-state index in [1.54, 1.807) is 50.2 Å². The molecule has 0 aliphatic carbocycles. The third kappa shape index (κ3) is 9.36. The molecule has 0 bridgehead atoms. The minimum atomic E-state index is -0.986. The number of aromatic nitrogens is 1. The van der Waals surface area contributed by atoms with Gasteiger partial charge in [-0.1, -0.05) is 50.7 Å². The van der Waals surface area contributed by atoms with Crippen molar-refractivity contribution in [1.29, 1.82) is 0 Å². The second-order valence-corrected chi connectivity index (χ2v) is 16.3. The molecule has 61 heavy (non-hydrogen) atoms. The van der Waals surface area contributed by atoms with E-state index in [2.05, 4.69) is 22.5 Å². The van der Waals surface area contributed by atoms with E-state index in [0.29, 0.717) is 73.1 Å². The molecule has 2 fully saturated rings. The minimum absolute atomic E-state index is 0.0830. The van der Waals surface area contributed by atoms with Crippen LogP contribution in [0.15, 0.2) is 57.9 Å². The van der Waals surface area contributed by atoms with Crippen molar-refractivity contribution >= 4 is 46.2 Å². The molecular weight excluding hydrogens is 781 g/mol. The lowest BCUT2D eigenvalue weighted by Crippen LogP contribution is -2.54. The number of carbonyl (C=O) groups is 5. The van der Waals surface area contributed by atoms with Crippen LogP contribution in [0.4, 0.5) is 5.69 Å². The zero-order chi connectivity index (χ0) is 43.2. The Balaban J connectivity index is 0.785. The summed E-state index contributed by atoms with van der Waals surface area (Å²) in [5.74, 6) is 0.0720. The Kier molecular flexibility index (Phi) is 13.6. The van der Waals surface area contributed by atoms with Crippen LogP contribution in [0.5, 0.6) is 11.5 Å². The normalized spacial score (nSPS) is 18.2. The Bertz CT molecular complexity index is 2370. The summed E-state index contributed by atoms with van der Waals surface area (Å²) in [5.41, 5.74) is 3.18. The molecule has 2 aromatic heterocycles. The molecule has 0 saturated carbocycles. The highest BCUT2D eigenvalue weighted by atomic mass is 16.5. The number of imide groups is 2. The third-order valence-corrected chi connectivity index (χ3v) is 12.2. The van der Waals surface area contributed by atoms with Crippen LogP contribution >= 0.6 is 0 Å². The van der Waals surface area contributed by atoms with Crippen LogP contribution in [0, 0.1) is 0 Å². The van der Waals surface area contributed by atoms with Crippen LogP contribution in [0.25, 0.3) is 22.1 Å². The lowest BCUT2D eigenvalue weighted by molar-refractivity contribution is -0.136. The molecule has 3 aliphatic rings. The number of piperazine rings is 1. The number of hydrogen-bond donors (Lipinski definition) is 2. The first-order valence-electron chi connectivity index (χ1n) is 21.4. The van der Waals surface area contributed by atoms with E-state index in [-0.39, 0.29) is 41.5 Å². The molecule has 2 aromatic carbocycles. The summed E-state index contributed by atoms with van der Waals surface area (Å²) in [6.45, 7) is 5.33. The first-order valence-corrected chi connectivity index (χ1v) is 21.4. The van der Waals surface area contributed by atoms with Crippen LogP contribution in [0.3, 0.4) is 0 Å². The first kappa shape index (κ1) is 43.1. The molecule has 0 radical (unpaired) electrons. The Labute approximate surface area is 355 Å². The van der Waals surface area contributed by atoms with E-state index in [1.165, 1.54) is 0 Å². The van der Waals surface area contributed by atoms with Crippen molar-refractivity contribution in [2.24, 2.45) is 7.05 Å². The fraction of sp³-hybridized carbons (Fsp3) is 0.478. The van der Waals surface area contributed by atoms with Gasteiger partial charge in [-0.15, -0.1) is 0 Å². The summed E-state index contributed by atoms with van der Waals surface area (Å²) in [6, 6.07) is 11.7. The standard InChI is InChI=1S/C46H56N6O9/c1-29-26-51(23-22-50(29)27-31-25-33-42(61-31)34(28-49(2)44(33)56)30-17-19-37(59-3)38(24-30)60-4)40(54)16-11-9-7-5-6-8-10-12-21-47-35-15-13-14-32-41(35)46(58)52(45(32)57)36-18-20-39(53)48-43(36)55/h13-15,17,19,24-25,28-29,36,47H,5-12,16,18,20-23,26-27H2,1-4H3,(H,48,53,55)/t29-,36?/m1/s1. The van der Waals surface area contributed by atoms with Gasteiger partial charge in [0.25, 0.3) is 17.4 Å². The third-order valence-electron chi connectivity index (χ3n) is 12.2.